The minimum Gasteiger partial charge on any atom is -0.444 e. The minimum atomic E-state index is -0.535. The van der Waals surface area contributed by atoms with Gasteiger partial charge in [0.15, 0.2) is 5.58 Å². The number of carbonyl (C=O) groups is 1. The molecule has 1 heterocycles. The fourth-order valence-electron chi connectivity index (χ4n) is 3.31. The number of unbranched alkanes of at least 4 members (excludes halogenated alkanes) is 1. The third-order valence-electron chi connectivity index (χ3n) is 4.79. The lowest BCUT2D eigenvalue weighted by Crippen LogP contribution is -2.38. The number of benzene rings is 2. The van der Waals surface area contributed by atoms with Crippen molar-refractivity contribution in [2.24, 2.45) is 0 Å². The highest BCUT2D eigenvalue weighted by Crippen LogP contribution is 2.15. The van der Waals surface area contributed by atoms with Crippen molar-refractivity contribution in [3.8, 4) is 0 Å². The smallest absolute Gasteiger partial charge is 0.417 e. The van der Waals surface area contributed by atoms with Gasteiger partial charge in [-0.2, -0.15) is 0 Å². The van der Waals surface area contributed by atoms with Crippen molar-refractivity contribution in [2.45, 2.75) is 52.1 Å². The fraction of sp³-hybridized carbons (Fsp3) is 0.417. The number of ether oxygens (including phenoxy) is 1. The van der Waals surface area contributed by atoms with Crippen molar-refractivity contribution in [3.63, 3.8) is 0 Å². The number of H-pyrrole nitrogens is 1. The first-order valence-corrected chi connectivity index (χ1v) is 10.4. The van der Waals surface area contributed by atoms with Crippen molar-refractivity contribution >= 4 is 17.2 Å². The quantitative estimate of drug-likeness (QED) is 0.535. The molecule has 2 aromatic carbocycles. The molecule has 3 rings (SSSR count). The Morgan fingerprint density at radius 3 is 2.50 bits per heavy atom. The molecular weight excluding hydrogens is 380 g/mol. The molecule has 3 aromatic rings. The summed E-state index contributed by atoms with van der Waals surface area (Å²) >= 11 is 0. The molecule has 0 aliphatic carbocycles. The number of hydrogen-bond acceptors (Lipinski definition) is 4. The summed E-state index contributed by atoms with van der Waals surface area (Å²) in [5, 5.41) is 0. The van der Waals surface area contributed by atoms with Gasteiger partial charge in [0.25, 0.3) is 0 Å². The van der Waals surface area contributed by atoms with Gasteiger partial charge in [0, 0.05) is 13.1 Å². The van der Waals surface area contributed by atoms with Gasteiger partial charge < -0.3 is 14.1 Å². The van der Waals surface area contributed by atoms with Crippen LogP contribution < -0.4 is 5.76 Å². The molecule has 0 fully saturated rings. The summed E-state index contributed by atoms with van der Waals surface area (Å²) in [5.41, 5.74) is 2.98. The molecule has 160 valence electrons. The Morgan fingerprint density at radius 1 is 1.00 bits per heavy atom. The van der Waals surface area contributed by atoms with E-state index in [9.17, 15) is 9.59 Å². The van der Waals surface area contributed by atoms with E-state index in [0.717, 1.165) is 24.8 Å². The van der Waals surface area contributed by atoms with Crippen molar-refractivity contribution in [3.05, 3.63) is 70.2 Å². The van der Waals surface area contributed by atoms with Crippen LogP contribution in [0.1, 0.15) is 44.7 Å². The normalized spacial score (nSPS) is 11.6. The summed E-state index contributed by atoms with van der Waals surface area (Å²) in [4.78, 5) is 28.5. The maximum absolute atomic E-state index is 12.7. The topological polar surface area (TPSA) is 75.5 Å². The number of oxazole rings is 1. The van der Waals surface area contributed by atoms with Gasteiger partial charge in [-0.1, -0.05) is 36.4 Å². The summed E-state index contributed by atoms with van der Waals surface area (Å²) in [6, 6.07) is 16.0. The number of aromatic nitrogens is 1. The summed E-state index contributed by atoms with van der Waals surface area (Å²) in [6.45, 7) is 6.81. The zero-order valence-electron chi connectivity index (χ0n) is 17.9. The predicted molar refractivity (Wildman–Crippen MR) is 118 cm³/mol. The molecule has 0 atom stereocenters. The molecular formula is C24H30N2O4. The van der Waals surface area contributed by atoms with Gasteiger partial charge in [0.05, 0.1) is 5.52 Å². The Hall–Kier alpha value is -3.02. The molecule has 1 N–H and O–H groups in total. The van der Waals surface area contributed by atoms with Gasteiger partial charge in [-0.05, 0) is 69.7 Å². The summed E-state index contributed by atoms with van der Waals surface area (Å²) < 4.78 is 10.7. The van der Waals surface area contributed by atoms with Crippen molar-refractivity contribution in [2.75, 3.05) is 13.1 Å². The van der Waals surface area contributed by atoms with E-state index < -0.39 is 11.4 Å². The van der Waals surface area contributed by atoms with Crippen LogP contribution in [0.25, 0.3) is 11.1 Å². The molecule has 0 aliphatic rings. The predicted octanol–water partition coefficient (Wildman–Crippen LogP) is 4.92. The largest absolute Gasteiger partial charge is 0.444 e. The molecule has 0 saturated heterocycles. The zero-order valence-corrected chi connectivity index (χ0v) is 17.9. The molecule has 0 unspecified atom stereocenters. The molecule has 0 radical (unpaired) electrons. The van der Waals surface area contributed by atoms with Crippen LogP contribution in [0.3, 0.4) is 0 Å². The van der Waals surface area contributed by atoms with Crippen molar-refractivity contribution in [1.82, 2.24) is 9.88 Å². The van der Waals surface area contributed by atoms with Crippen LogP contribution in [0.5, 0.6) is 0 Å². The number of aromatic amines is 1. The highest BCUT2D eigenvalue weighted by molar-refractivity contribution is 5.72. The lowest BCUT2D eigenvalue weighted by Gasteiger charge is -2.27. The molecule has 0 spiro atoms. The molecule has 30 heavy (non-hydrogen) atoms. The van der Waals surface area contributed by atoms with Gasteiger partial charge in [-0.25, -0.2) is 9.59 Å². The van der Waals surface area contributed by atoms with Crippen LogP contribution >= 0.6 is 0 Å². The van der Waals surface area contributed by atoms with E-state index in [0.29, 0.717) is 30.6 Å². The van der Waals surface area contributed by atoms with Crippen LogP contribution in [-0.4, -0.2) is 34.7 Å². The standard InChI is InChI=1S/C24H30N2O4/c1-24(2,3)30-23(28)26(15-8-7-11-18-9-5-4-6-10-18)16-14-19-12-13-20-21(17-19)29-22(27)25-20/h4-6,9-10,12-13,17H,7-8,11,14-16H2,1-3H3,(H,25,27). The Morgan fingerprint density at radius 2 is 1.77 bits per heavy atom. The third-order valence-corrected chi connectivity index (χ3v) is 4.79. The maximum Gasteiger partial charge on any atom is 0.417 e. The van der Waals surface area contributed by atoms with Crippen LogP contribution in [0.2, 0.25) is 0 Å². The number of nitrogens with zero attached hydrogens (tertiary/aromatic N) is 1. The average molecular weight is 411 g/mol. The third kappa shape index (κ3) is 6.51. The molecule has 6 heteroatoms. The summed E-state index contributed by atoms with van der Waals surface area (Å²) in [6.07, 6.45) is 3.26. The van der Waals surface area contributed by atoms with Gasteiger partial charge in [-0.15, -0.1) is 0 Å². The number of hydrogen-bond donors (Lipinski definition) is 1. The fourth-order valence-corrected chi connectivity index (χ4v) is 3.31. The molecule has 1 amide bonds. The first-order valence-electron chi connectivity index (χ1n) is 10.4. The van der Waals surface area contributed by atoms with Crippen LogP contribution in [0, 0.1) is 0 Å². The number of rotatable bonds is 8. The second kappa shape index (κ2) is 9.65. The van der Waals surface area contributed by atoms with E-state index in [2.05, 4.69) is 17.1 Å². The van der Waals surface area contributed by atoms with Crippen molar-refractivity contribution < 1.29 is 13.9 Å². The van der Waals surface area contributed by atoms with E-state index in [-0.39, 0.29) is 6.09 Å². The summed E-state index contributed by atoms with van der Waals surface area (Å²) in [7, 11) is 0. The van der Waals surface area contributed by atoms with E-state index >= 15 is 0 Å². The number of aryl methyl sites for hydroxylation is 1. The molecule has 0 aliphatic heterocycles. The highest BCUT2D eigenvalue weighted by Gasteiger charge is 2.21. The van der Waals surface area contributed by atoms with Gasteiger partial charge >= 0.3 is 11.8 Å². The van der Waals surface area contributed by atoms with Crippen molar-refractivity contribution in [1.29, 1.82) is 0 Å². The van der Waals surface area contributed by atoms with Crippen LogP contribution in [0.4, 0.5) is 4.79 Å². The second-order valence-electron chi connectivity index (χ2n) is 8.51. The molecule has 0 saturated carbocycles. The number of carbonyl (C=O) groups excluding carboxylic acids is 1. The molecule has 1 aromatic heterocycles. The summed E-state index contributed by atoms with van der Waals surface area (Å²) in [5.74, 6) is -0.462. The lowest BCUT2D eigenvalue weighted by atomic mass is 10.1. The van der Waals surface area contributed by atoms with Gasteiger partial charge in [0.2, 0.25) is 0 Å². The van der Waals surface area contributed by atoms with E-state index in [4.69, 9.17) is 9.15 Å². The Labute approximate surface area is 176 Å². The van der Waals surface area contributed by atoms with Crippen LogP contribution in [0.15, 0.2) is 57.7 Å². The van der Waals surface area contributed by atoms with E-state index in [1.165, 1.54) is 5.56 Å². The Kier molecular flexibility index (Phi) is 6.98. The highest BCUT2D eigenvalue weighted by atomic mass is 16.6. The first-order chi connectivity index (χ1) is 14.3. The SMILES string of the molecule is CC(C)(C)OC(=O)N(CCCCc1ccccc1)CCc1ccc2[nH]c(=O)oc2c1. The van der Waals surface area contributed by atoms with E-state index in [1.54, 1.807) is 4.90 Å². The monoisotopic (exact) mass is 410 g/mol. The number of nitrogens with one attached hydrogen (secondary N) is 1. The minimum absolute atomic E-state index is 0.295. The number of fused-ring (bicyclic) bond motifs is 1. The maximum atomic E-state index is 12.7. The average Bonchev–Trinajstić information content (AvgIpc) is 3.06. The van der Waals surface area contributed by atoms with Crippen LogP contribution in [-0.2, 0) is 17.6 Å². The second-order valence-corrected chi connectivity index (χ2v) is 8.51. The Bertz CT molecular complexity index is 1010. The van der Waals surface area contributed by atoms with Gasteiger partial charge in [0.1, 0.15) is 5.60 Å². The first kappa shape index (κ1) is 21.7. The lowest BCUT2D eigenvalue weighted by molar-refractivity contribution is 0.0249. The Balaban J connectivity index is 1.59. The number of amides is 1. The molecule has 0 bridgehead atoms. The van der Waals surface area contributed by atoms with E-state index in [1.807, 2.05) is 57.2 Å². The zero-order chi connectivity index (χ0) is 21.6. The molecule has 6 nitrogen and oxygen atoms in total. The van der Waals surface area contributed by atoms with Gasteiger partial charge in [-0.3, -0.25) is 4.98 Å².